The molecule has 1 N–H and O–H groups in total. The molecule has 3 rings (SSSR count). The molecule has 0 radical (unpaired) electrons. The van der Waals surface area contributed by atoms with Crippen LogP contribution in [0.5, 0.6) is 0 Å². The van der Waals surface area contributed by atoms with Crippen molar-refractivity contribution in [3.63, 3.8) is 0 Å². The average molecular weight is 351 g/mol. The summed E-state index contributed by atoms with van der Waals surface area (Å²) < 4.78 is 0. The number of carbonyl (C=O) groups excluding carboxylic acids is 2. The molecular weight excluding hydrogens is 332 g/mol. The third kappa shape index (κ3) is 1.58. The lowest BCUT2D eigenvalue weighted by molar-refractivity contribution is -0.130. The second kappa shape index (κ2) is 4.38. The van der Waals surface area contributed by atoms with Crippen LogP contribution in [0.3, 0.4) is 0 Å². The number of amides is 1. The van der Waals surface area contributed by atoms with Gasteiger partial charge in [0.15, 0.2) is 5.78 Å². The summed E-state index contributed by atoms with van der Waals surface area (Å²) in [6, 6.07) is 5.39. The van der Waals surface area contributed by atoms with Gasteiger partial charge in [-0.3, -0.25) is 9.59 Å². The number of aromatic nitrogens is 1. The van der Waals surface area contributed by atoms with Crippen molar-refractivity contribution in [2.75, 3.05) is 5.32 Å². The molecule has 112 valence electrons. The van der Waals surface area contributed by atoms with E-state index in [4.69, 9.17) is 0 Å². The zero-order chi connectivity index (χ0) is 15.5. The normalized spacial score (nSPS) is 36.8. The summed E-state index contributed by atoms with van der Waals surface area (Å²) in [7, 11) is 0. The molecule has 1 heterocycles. The minimum absolute atomic E-state index is 0.109. The maximum absolute atomic E-state index is 13.0. The molecule has 0 saturated heterocycles. The van der Waals surface area contributed by atoms with Gasteiger partial charge in [0, 0.05) is 11.6 Å². The second-order valence-corrected chi connectivity index (χ2v) is 7.74. The first kappa shape index (κ1) is 14.7. The highest BCUT2D eigenvalue weighted by molar-refractivity contribution is 9.10. The van der Waals surface area contributed by atoms with Crippen LogP contribution in [0.2, 0.25) is 0 Å². The number of anilines is 1. The Hall–Kier alpha value is -1.23. The van der Waals surface area contributed by atoms with Crippen molar-refractivity contribution in [2.45, 2.75) is 38.4 Å². The second-order valence-electron chi connectivity index (χ2n) is 6.82. The summed E-state index contributed by atoms with van der Waals surface area (Å²) in [5, 5.41) is 2.89. The van der Waals surface area contributed by atoms with Gasteiger partial charge >= 0.3 is 0 Å². The zero-order valence-corrected chi connectivity index (χ0v) is 14.0. The van der Waals surface area contributed by atoms with Gasteiger partial charge in [-0.2, -0.15) is 0 Å². The lowest BCUT2D eigenvalue weighted by Gasteiger charge is -2.39. The van der Waals surface area contributed by atoms with E-state index in [1.807, 2.05) is 26.8 Å². The Bertz CT molecular complexity index is 616. The predicted octanol–water partition coefficient (Wildman–Crippen LogP) is 3.18. The van der Waals surface area contributed by atoms with Crippen molar-refractivity contribution in [3.05, 3.63) is 24.4 Å². The maximum Gasteiger partial charge on any atom is 0.233 e. The van der Waals surface area contributed by atoms with Gasteiger partial charge < -0.3 is 5.32 Å². The Morgan fingerprint density at radius 1 is 1.33 bits per heavy atom. The monoisotopic (exact) mass is 350 g/mol. The van der Waals surface area contributed by atoms with Gasteiger partial charge in [-0.25, -0.2) is 4.98 Å². The van der Waals surface area contributed by atoms with Crippen LogP contribution in [-0.2, 0) is 9.59 Å². The molecule has 2 aliphatic carbocycles. The molecule has 21 heavy (non-hydrogen) atoms. The number of carbonyl (C=O) groups is 2. The number of pyridine rings is 1. The summed E-state index contributed by atoms with van der Waals surface area (Å²) >= 11 is 3.51. The first-order valence-electron chi connectivity index (χ1n) is 7.18. The Kier molecular flexibility index (Phi) is 3.07. The molecule has 2 saturated carbocycles. The molecule has 1 amide bonds. The van der Waals surface area contributed by atoms with E-state index in [2.05, 4.69) is 26.2 Å². The van der Waals surface area contributed by atoms with Gasteiger partial charge in [-0.05, 0) is 30.4 Å². The fraction of sp³-hybridized carbons (Fsp3) is 0.562. The fourth-order valence-electron chi connectivity index (χ4n) is 4.12. The minimum Gasteiger partial charge on any atom is -0.310 e. The number of nitrogens with one attached hydrogen (secondary N) is 1. The molecule has 0 unspecified atom stereocenters. The van der Waals surface area contributed by atoms with E-state index in [0.29, 0.717) is 5.82 Å². The van der Waals surface area contributed by atoms with Crippen LogP contribution in [0.1, 0.15) is 33.6 Å². The number of ketones is 1. The van der Waals surface area contributed by atoms with E-state index in [9.17, 15) is 9.59 Å². The third-order valence-electron chi connectivity index (χ3n) is 6.03. The molecule has 2 fully saturated rings. The number of Topliss-reactive ketones (excluding diaryl/α,β-unsaturated/α-hetero) is 1. The van der Waals surface area contributed by atoms with Crippen molar-refractivity contribution >= 4 is 33.4 Å². The first-order chi connectivity index (χ1) is 9.77. The molecule has 5 heteroatoms. The zero-order valence-electron chi connectivity index (χ0n) is 12.4. The highest BCUT2D eigenvalue weighted by Crippen LogP contribution is 2.72. The van der Waals surface area contributed by atoms with Crippen molar-refractivity contribution < 1.29 is 9.59 Å². The summed E-state index contributed by atoms with van der Waals surface area (Å²) in [5.41, 5.74) is -1.54. The molecule has 3 atom stereocenters. The van der Waals surface area contributed by atoms with Crippen LogP contribution in [0.25, 0.3) is 0 Å². The number of fused-ring (bicyclic) bond motifs is 2. The number of nitrogens with zero attached hydrogens (tertiary/aromatic N) is 1. The molecule has 0 aromatic carbocycles. The summed E-state index contributed by atoms with van der Waals surface area (Å²) in [4.78, 5) is 29.3. The van der Waals surface area contributed by atoms with E-state index < -0.39 is 15.7 Å². The quantitative estimate of drug-likeness (QED) is 0.833. The van der Waals surface area contributed by atoms with Gasteiger partial charge in [0.05, 0.1) is 10.2 Å². The van der Waals surface area contributed by atoms with Crippen molar-refractivity contribution in [1.82, 2.24) is 4.98 Å². The van der Waals surface area contributed by atoms with Crippen LogP contribution in [0.4, 0.5) is 5.82 Å². The van der Waals surface area contributed by atoms with Crippen molar-refractivity contribution in [1.29, 1.82) is 0 Å². The number of hydrogen-bond donors (Lipinski definition) is 1. The summed E-state index contributed by atoms with van der Waals surface area (Å²) in [6.07, 6.45) is 3.12. The molecule has 0 spiro atoms. The number of halogens is 1. The molecular formula is C16H19BrN2O2. The van der Waals surface area contributed by atoms with Crippen LogP contribution in [-0.4, -0.2) is 21.5 Å². The lowest BCUT2D eigenvalue weighted by Crippen LogP contribution is -2.48. The van der Waals surface area contributed by atoms with E-state index in [-0.39, 0.29) is 17.1 Å². The van der Waals surface area contributed by atoms with E-state index in [1.54, 1.807) is 18.3 Å². The Balaban J connectivity index is 2.00. The smallest absolute Gasteiger partial charge is 0.233 e. The minimum atomic E-state index is -0.712. The highest BCUT2D eigenvalue weighted by Gasteiger charge is 2.76. The number of rotatable bonds is 2. The average Bonchev–Trinajstić information content (AvgIpc) is 2.72. The van der Waals surface area contributed by atoms with Gasteiger partial charge in [0.1, 0.15) is 5.82 Å². The van der Waals surface area contributed by atoms with Gasteiger partial charge in [0.25, 0.3) is 0 Å². The molecule has 0 aliphatic heterocycles. The van der Waals surface area contributed by atoms with Crippen LogP contribution < -0.4 is 5.32 Å². The Morgan fingerprint density at radius 2 is 2.05 bits per heavy atom. The summed E-state index contributed by atoms with van der Waals surface area (Å²) in [6.45, 7) is 6.07. The van der Waals surface area contributed by atoms with Gasteiger partial charge in [-0.1, -0.05) is 42.8 Å². The van der Waals surface area contributed by atoms with Gasteiger partial charge in [-0.15, -0.1) is 0 Å². The number of alkyl halides is 1. The van der Waals surface area contributed by atoms with Gasteiger partial charge in [0.2, 0.25) is 5.91 Å². The molecule has 1 aromatic rings. The SMILES string of the molecule is CC1(C)[C@]2(C)CC[C@@]1(C(=O)Nc1ccccn1)[C@@H](Br)C2=O. The van der Waals surface area contributed by atoms with E-state index >= 15 is 0 Å². The topological polar surface area (TPSA) is 59.1 Å². The van der Waals surface area contributed by atoms with Crippen molar-refractivity contribution in [3.8, 4) is 0 Å². The lowest BCUT2D eigenvalue weighted by atomic mass is 9.64. The Morgan fingerprint density at radius 3 is 2.57 bits per heavy atom. The fourth-order valence-corrected chi connectivity index (χ4v) is 5.63. The molecule has 2 bridgehead atoms. The number of hydrogen-bond acceptors (Lipinski definition) is 3. The van der Waals surface area contributed by atoms with Crippen LogP contribution in [0.15, 0.2) is 24.4 Å². The van der Waals surface area contributed by atoms with Crippen molar-refractivity contribution in [2.24, 2.45) is 16.2 Å². The first-order valence-corrected chi connectivity index (χ1v) is 8.10. The standard InChI is InChI=1S/C16H19BrN2O2/c1-14(2)15(3)7-8-16(14,11(17)12(15)20)13(21)19-10-6-4-5-9-18-10/h4-6,9,11H,7-8H2,1-3H3,(H,18,19,21)/t11-,15+,16-/m0/s1. The van der Waals surface area contributed by atoms with E-state index in [1.165, 1.54) is 0 Å². The highest BCUT2D eigenvalue weighted by atomic mass is 79.9. The van der Waals surface area contributed by atoms with Crippen LogP contribution >= 0.6 is 15.9 Å². The molecule has 4 nitrogen and oxygen atoms in total. The largest absolute Gasteiger partial charge is 0.310 e. The summed E-state index contributed by atoms with van der Waals surface area (Å²) in [5.74, 6) is 0.567. The third-order valence-corrected chi connectivity index (χ3v) is 7.23. The molecule has 1 aromatic heterocycles. The van der Waals surface area contributed by atoms with Crippen LogP contribution in [0, 0.1) is 16.2 Å². The molecule has 2 aliphatic rings. The Labute approximate surface area is 132 Å². The maximum atomic E-state index is 13.0. The predicted molar refractivity (Wildman–Crippen MR) is 84.1 cm³/mol. The van der Waals surface area contributed by atoms with E-state index in [0.717, 1.165) is 12.8 Å².